The highest BCUT2D eigenvalue weighted by molar-refractivity contribution is 6.02. The molecule has 130 valence electrons. The Kier molecular flexibility index (Phi) is 3.36. The van der Waals surface area contributed by atoms with Gasteiger partial charge >= 0.3 is 0 Å². The first-order valence-corrected chi connectivity index (χ1v) is 9.69. The van der Waals surface area contributed by atoms with Gasteiger partial charge in [-0.05, 0) is 36.1 Å². The fraction of sp³-hybridized carbons (Fsp3) is 0.458. The van der Waals surface area contributed by atoms with Crippen molar-refractivity contribution in [2.45, 2.75) is 65.3 Å². The highest BCUT2D eigenvalue weighted by Gasteiger charge is 2.61. The molecule has 1 heteroatoms. The highest BCUT2D eigenvalue weighted by Crippen LogP contribution is 2.62. The topological polar surface area (TPSA) is 3.88 Å². The summed E-state index contributed by atoms with van der Waals surface area (Å²) >= 11 is 0. The summed E-state index contributed by atoms with van der Waals surface area (Å²) in [5, 5.41) is 0. The molecule has 0 saturated heterocycles. The molecule has 0 bridgehead atoms. The summed E-state index contributed by atoms with van der Waals surface area (Å²) in [7, 11) is 0. The molecule has 1 nitrogen and oxygen atoms in total. The Morgan fingerprint density at radius 2 is 1.48 bits per heavy atom. The molecule has 1 aliphatic heterocycles. The maximum atomic E-state index is 2.57. The van der Waals surface area contributed by atoms with Crippen LogP contribution in [0.25, 0.3) is 11.1 Å². The normalized spacial score (nSPS) is 29.2. The predicted octanol–water partition coefficient (Wildman–Crippen LogP) is 5.73. The Hall–Kier alpha value is -1.89. The summed E-state index contributed by atoms with van der Waals surface area (Å²) in [4.78, 5) is 0. The minimum atomic E-state index is 0.0422. The minimum absolute atomic E-state index is 0.0422. The molecular weight excluding hydrogens is 302 g/mol. The molecule has 1 aliphatic carbocycles. The maximum Gasteiger partial charge on any atom is 0.210 e. The van der Waals surface area contributed by atoms with Crippen LogP contribution >= 0.6 is 0 Å². The Labute approximate surface area is 152 Å². The Balaban J connectivity index is 2.19. The molecule has 2 aromatic rings. The monoisotopic (exact) mass is 332 g/mol. The quantitative estimate of drug-likeness (QED) is 0.618. The van der Waals surface area contributed by atoms with Gasteiger partial charge in [0.2, 0.25) is 5.69 Å². The van der Waals surface area contributed by atoms with Gasteiger partial charge in [0.25, 0.3) is 0 Å². The van der Waals surface area contributed by atoms with Crippen molar-refractivity contribution >= 4 is 11.1 Å². The molecule has 1 aromatic heterocycles. The highest BCUT2D eigenvalue weighted by atomic mass is 15.1. The lowest BCUT2D eigenvalue weighted by Crippen LogP contribution is -2.66. The first-order valence-electron chi connectivity index (χ1n) is 9.69. The van der Waals surface area contributed by atoms with Gasteiger partial charge in [-0.25, -0.2) is 0 Å². The van der Waals surface area contributed by atoms with E-state index in [1.165, 1.54) is 22.4 Å². The van der Waals surface area contributed by atoms with Crippen molar-refractivity contribution in [3.8, 4) is 0 Å². The Bertz CT molecular complexity index is 888. The van der Waals surface area contributed by atoms with Gasteiger partial charge in [0.05, 0.1) is 5.41 Å². The zero-order valence-electron chi connectivity index (χ0n) is 16.5. The van der Waals surface area contributed by atoms with Crippen LogP contribution in [-0.4, -0.2) is 0 Å². The number of hydrogen-bond donors (Lipinski definition) is 0. The van der Waals surface area contributed by atoms with Crippen LogP contribution in [0.15, 0.2) is 48.7 Å². The minimum Gasteiger partial charge on any atom is -0.193 e. The van der Waals surface area contributed by atoms with E-state index >= 15 is 0 Å². The summed E-state index contributed by atoms with van der Waals surface area (Å²) in [6, 6.07) is 15.8. The van der Waals surface area contributed by atoms with Gasteiger partial charge in [0.1, 0.15) is 0 Å². The summed E-state index contributed by atoms with van der Waals surface area (Å²) in [6.45, 7) is 14.5. The molecule has 0 N–H and O–H groups in total. The molecule has 4 rings (SSSR count). The third-order valence-corrected chi connectivity index (χ3v) is 7.53. The van der Waals surface area contributed by atoms with Gasteiger partial charge in [0.15, 0.2) is 11.7 Å². The zero-order valence-corrected chi connectivity index (χ0v) is 16.5. The van der Waals surface area contributed by atoms with E-state index in [2.05, 4.69) is 94.8 Å². The first-order chi connectivity index (χ1) is 11.8. The number of allylic oxidation sites excluding steroid dienone is 2. The first kappa shape index (κ1) is 16.6. The fourth-order valence-electron chi connectivity index (χ4n) is 5.58. The molecule has 0 radical (unpaired) electrons. The van der Waals surface area contributed by atoms with E-state index in [1.54, 1.807) is 5.57 Å². The Morgan fingerprint density at radius 3 is 2.16 bits per heavy atom. The van der Waals surface area contributed by atoms with Gasteiger partial charge < -0.3 is 0 Å². The number of nitrogens with zero attached hydrogens (tertiary/aromatic N) is 1. The van der Waals surface area contributed by atoms with Crippen LogP contribution in [0.5, 0.6) is 0 Å². The summed E-state index contributed by atoms with van der Waals surface area (Å²) in [5.74, 6) is 0. The second-order valence-electron chi connectivity index (χ2n) is 8.69. The second-order valence-corrected chi connectivity index (χ2v) is 8.69. The van der Waals surface area contributed by atoms with Crippen LogP contribution in [0.2, 0.25) is 0 Å². The molecule has 25 heavy (non-hydrogen) atoms. The molecule has 0 fully saturated rings. The van der Waals surface area contributed by atoms with Crippen molar-refractivity contribution in [2.75, 3.05) is 0 Å². The fourth-order valence-corrected chi connectivity index (χ4v) is 5.58. The summed E-state index contributed by atoms with van der Waals surface area (Å²) < 4.78 is 2.57. The molecular formula is C24H30N+. The zero-order chi connectivity index (χ0) is 18.0. The standard InChI is InChI=1S/C24H30N/c1-7-23(5)20-17-13-9-10-14-18(17)22(3,4)21(20)19-15-11-12-16-25(19)24(23,6)8-2/h9-16H,7-8H2,1-6H3/q+1. The van der Waals surface area contributed by atoms with Crippen LogP contribution < -0.4 is 4.57 Å². The van der Waals surface area contributed by atoms with Gasteiger partial charge in [-0.1, -0.05) is 52.0 Å². The van der Waals surface area contributed by atoms with E-state index in [1.807, 2.05) is 0 Å². The average molecular weight is 333 g/mol. The van der Waals surface area contributed by atoms with E-state index in [4.69, 9.17) is 0 Å². The lowest BCUT2D eigenvalue weighted by Gasteiger charge is -2.47. The summed E-state index contributed by atoms with van der Waals surface area (Å²) in [6.07, 6.45) is 4.57. The molecule has 0 saturated carbocycles. The number of benzene rings is 1. The second kappa shape index (κ2) is 5.06. The van der Waals surface area contributed by atoms with Crippen molar-refractivity contribution in [2.24, 2.45) is 5.41 Å². The lowest BCUT2D eigenvalue weighted by atomic mass is 9.59. The average Bonchev–Trinajstić information content (AvgIpc) is 2.88. The van der Waals surface area contributed by atoms with Crippen molar-refractivity contribution in [3.05, 3.63) is 65.5 Å². The van der Waals surface area contributed by atoms with Gasteiger partial charge in [0, 0.05) is 36.5 Å². The van der Waals surface area contributed by atoms with Crippen molar-refractivity contribution < 1.29 is 4.57 Å². The predicted molar refractivity (Wildman–Crippen MR) is 105 cm³/mol. The van der Waals surface area contributed by atoms with E-state index in [-0.39, 0.29) is 16.4 Å². The molecule has 2 aliphatic rings. The third kappa shape index (κ3) is 1.77. The van der Waals surface area contributed by atoms with Gasteiger partial charge in [-0.15, -0.1) is 0 Å². The van der Waals surface area contributed by atoms with E-state index in [0.717, 1.165) is 12.8 Å². The van der Waals surface area contributed by atoms with Crippen LogP contribution in [0.4, 0.5) is 0 Å². The van der Waals surface area contributed by atoms with Crippen LogP contribution in [0.3, 0.4) is 0 Å². The number of pyridine rings is 1. The molecule has 1 aromatic carbocycles. The Morgan fingerprint density at radius 1 is 0.800 bits per heavy atom. The third-order valence-electron chi connectivity index (χ3n) is 7.53. The number of aromatic nitrogens is 1. The number of hydrogen-bond acceptors (Lipinski definition) is 0. The SMILES string of the molecule is CCC1(C)C2=C(c3cccc[n+]3C1(C)CC)C(C)(C)c1ccccc12. The molecule has 2 atom stereocenters. The molecule has 2 unspecified atom stereocenters. The molecule has 0 spiro atoms. The molecule has 2 heterocycles. The van der Waals surface area contributed by atoms with Gasteiger partial charge in [-0.3, -0.25) is 0 Å². The van der Waals surface area contributed by atoms with E-state index in [9.17, 15) is 0 Å². The summed E-state index contributed by atoms with van der Waals surface area (Å²) in [5.41, 5.74) is 7.70. The smallest absolute Gasteiger partial charge is 0.193 e. The van der Waals surface area contributed by atoms with Crippen LogP contribution in [0.1, 0.15) is 71.2 Å². The molecule has 0 amide bonds. The number of fused-ring (bicyclic) bond motifs is 4. The maximum absolute atomic E-state index is 2.57. The van der Waals surface area contributed by atoms with Crippen LogP contribution in [-0.2, 0) is 11.0 Å². The van der Waals surface area contributed by atoms with Crippen molar-refractivity contribution in [1.82, 2.24) is 0 Å². The van der Waals surface area contributed by atoms with Crippen molar-refractivity contribution in [1.29, 1.82) is 0 Å². The van der Waals surface area contributed by atoms with Crippen molar-refractivity contribution in [3.63, 3.8) is 0 Å². The van der Waals surface area contributed by atoms with E-state index in [0.29, 0.717) is 0 Å². The largest absolute Gasteiger partial charge is 0.210 e. The van der Waals surface area contributed by atoms with E-state index < -0.39 is 0 Å². The van der Waals surface area contributed by atoms with Gasteiger partial charge in [-0.2, -0.15) is 4.57 Å². The number of rotatable bonds is 2. The lowest BCUT2D eigenvalue weighted by molar-refractivity contribution is -0.778. The van der Waals surface area contributed by atoms with Crippen LogP contribution in [0, 0.1) is 5.41 Å².